The molecule has 4 rings (SSSR count). The number of hydrogen-bond acceptors (Lipinski definition) is 5. The number of aliphatic hydroxyl groups is 1. The molecule has 0 fully saturated rings. The molecule has 3 aromatic carbocycles. The summed E-state index contributed by atoms with van der Waals surface area (Å²) in [6.45, 7) is 9.11. The Morgan fingerprint density at radius 3 is 1.89 bits per heavy atom. The van der Waals surface area contributed by atoms with Gasteiger partial charge in [0.2, 0.25) is 0 Å². The monoisotopic (exact) mass is 499 g/mol. The second kappa shape index (κ2) is 10.6. The maximum atomic E-state index is 13.6. The van der Waals surface area contributed by atoms with Gasteiger partial charge in [-0.3, -0.25) is 14.9 Å². The Bertz CT molecular complexity index is 1210. The van der Waals surface area contributed by atoms with Gasteiger partial charge in [-0.2, -0.15) is 0 Å². The van der Waals surface area contributed by atoms with Gasteiger partial charge >= 0.3 is 5.97 Å². The quantitative estimate of drug-likeness (QED) is 0.374. The Balaban J connectivity index is 1.84. The zero-order valence-electron chi connectivity index (χ0n) is 22.3. The first-order valence-electron chi connectivity index (χ1n) is 13.0. The van der Waals surface area contributed by atoms with Gasteiger partial charge in [-0.25, -0.2) is 0 Å². The molecule has 3 aromatic rings. The van der Waals surface area contributed by atoms with Crippen LogP contribution >= 0.6 is 0 Å². The summed E-state index contributed by atoms with van der Waals surface area (Å²) in [5.74, 6) is -0.683. The van der Waals surface area contributed by atoms with Gasteiger partial charge in [0.25, 0.3) is 0 Å². The minimum atomic E-state index is -0.986. The predicted octanol–water partition coefficient (Wildman–Crippen LogP) is 5.63. The first-order valence-corrected chi connectivity index (χ1v) is 13.0. The molecule has 37 heavy (non-hydrogen) atoms. The van der Waals surface area contributed by atoms with Crippen LogP contribution in [0.2, 0.25) is 0 Å². The van der Waals surface area contributed by atoms with E-state index in [2.05, 4.69) is 41.7 Å². The number of aliphatic hydroxyl groups excluding tert-OH is 1. The highest BCUT2D eigenvalue weighted by molar-refractivity contribution is 5.85. The molecule has 0 unspecified atom stereocenters. The smallest absolute Gasteiger partial charge is 0.323 e. The van der Waals surface area contributed by atoms with Crippen LogP contribution in [0.4, 0.5) is 0 Å². The molecule has 2 N–H and O–H groups in total. The van der Waals surface area contributed by atoms with Crippen molar-refractivity contribution in [3.05, 3.63) is 95.6 Å². The van der Waals surface area contributed by atoms with E-state index >= 15 is 0 Å². The van der Waals surface area contributed by atoms with Gasteiger partial charge in [0.1, 0.15) is 17.4 Å². The Hall–Kier alpha value is -3.28. The van der Waals surface area contributed by atoms with Gasteiger partial charge in [-0.15, -0.1) is 0 Å². The fourth-order valence-corrected chi connectivity index (χ4v) is 5.14. The van der Waals surface area contributed by atoms with Crippen molar-refractivity contribution in [3.63, 3.8) is 0 Å². The lowest BCUT2D eigenvalue weighted by atomic mass is 9.79. The van der Waals surface area contributed by atoms with Crippen molar-refractivity contribution in [2.24, 2.45) is 5.92 Å². The van der Waals surface area contributed by atoms with Crippen LogP contribution in [0.1, 0.15) is 64.2 Å². The number of ether oxygens (including phenoxy) is 1. The molecular formula is C32H37NO4. The highest BCUT2D eigenvalue weighted by Gasteiger charge is 2.47. The number of benzene rings is 3. The van der Waals surface area contributed by atoms with Crippen molar-refractivity contribution in [3.8, 4) is 11.1 Å². The highest BCUT2D eigenvalue weighted by atomic mass is 16.6. The molecule has 1 aliphatic rings. The number of nitrogens with one attached hydrogen (secondary N) is 1. The van der Waals surface area contributed by atoms with Crippen molar-refractivity contribution in [1.82, 2.24) is 5.32 Å². The first kappa shape index (κ1) is 26.8. The van der Waals surface area contributed by atoms with Gasteiger partial charge in [-0.05, 0) is 55.0 Å². The molecule has 5 nitrogen and oxygen atoms in total. The Labute approximate surface area is 219 Å². The third-order valence-corrected chi connectivity index (χ3v) is 6.83. The van der Waals surface area contributed by atoms with E-state index in [1.807, 2.05) is 77.1 Å². The SMILES string of the molecule is CC(C)C(=O)C[C@H](O)C[C@H](NC1(c2ccccc2)c2ccccc2-c2ccccc21)C(=O)OC(C)(C)C. The fraction of sp³-hybridized carbons (Fsp3) is 0.375. The molecule has 0 bridgehead atoms. The number of hydrogen-bond donors (Lipinski definition) is 2. The lowest BCUT2D eigenvalue weighted by Crippen LogP contribution is -2.54. The Morgan fingerprint density at radius 1 is 0.865 bits per heavy atom. The molecule has 0 amide bonds. The van der Waals surface area contributed by atoms with Crippen molar-refractivity contribution in [2.45, 2.75) is 70.7 Å². The van der Waals surface area contributed by atoms with Gasteiger partial charge in [-0.1, -0.05) is 92.7 Å². The van der Waals surface area contributed by atoms with Crippen molar-refractivity contribution >= 4 is 11.8 Å². The van der Waals surface area contributed by atoms with Gasteiger partial charge in [0, 0.05) is 12.3 Å². The number of ketones is 1. The molecule has 0 heterocycles. The molecule has 0 radical (unpaired) electrons. The number of Topliss-reactive ketones (excluding diaryl/α,β-unsaturated/α-hetero) is 1. The number of carbonyl (C=O) groups is 2. The molecule has 5 heteroatoms. The molecule has 2 atom stereocenters. The van der Waals surface area contributed by atoms with E-state index < -0.39 is 29.3 Å². The molecule has 1 aliphatic carbocycles. The summed E-state index contributed by atoms with van der Waals surface area (Å²) in [6, 6.07) is 25.6. The van der Waals surface area contributed by atoms with Gasteiger partial charge in [0.05, 0.1) is 11.6 Å². The van der Waals surface area contributed by atoms with Crippen LogP contribution in [-0.4, -0.2) is 34.6 Å². The normalized spacial score (nSPS) is 15.5. The van der Waals surface area contributed by atoms with Crippen LogP contribution in [0, 0.1) is 5.92 Å². The number of carbonyl (C=O) groups excluding carboxylic acids is 2. The molecule has 0 saturated carbocycles. The van der Waals surface area contributed by atoms with Crippen molar-refractivity contribution in [2.75, 3.05) is 0 Å². The van der Waals surface area contributed by atoms with Crippen LogP contribution < -0.4 is 5.32 Å². The van der Waals surface area contributed by atoms with Crippen LogP contribution in [0.3, 0.4) is 0 Å². The maximum absolute atomic E-state index is 13.6. The van der Waals surface area contributed by atoms with E-state index in [9.17, 15) is 14.7 Å². The lowest BCUT2D eigenvalue weighted by molar-refractivity contribution is -0.159. The van der Waals surface area contributed by atoms with E-state index in [4.69, 9.17) is 4.74 Å². The third-order valence-electron chi connectivity index (χ3n) is 6.83. The Kier molecular flexibility index (Phi) is 7.67. The average molecular weight is 500 g/mol. The average Bonchev–Trinajstić information content (AvgIpc) is 3.14. The molecule has 194 valence electrons. The largest absolute Gasteiger partial charge is 0.459 e. The minimum absolute atomic E-state index is 0.00977. The van der Waals surface area contributed by atoms with Crippen molar-refractivity contribution < 1.29 is 19.4 Å². The third kappa shape index (κ3) is 5.53. The fourth-order valence-electron chi connectivity index (χ4n) is 5.14. The Morgan fingerprint density at radius 2 is 1.38 bits per heavy atom. The van der Waals surface area contributed by atoms with E-state index in [-0.39, 0.29) is 24.5 Å². The van der Waals surface area contributed by atoms with E-state index in [0.29, 0.717) is 0 Å². The van der Waals surface area contributed by atoms with Crippen LogP contribution in [0.15, 0.2) is 78.9 Å². The summed E-state index contributed by atoms with van der Waals surface area (Å²) >= 11 is 0. The predicted molar refractivity (Wildman–Crippen MR) is 146 cm³/mol. The topological polar surface area (TPSA) is 75.6 Å². The zero-order chi connectivity index (χ0) is 26.8. The van der Waals surface area contributed by atoms with E-state index in [1.165, 1.54) is 0 Å². The molecule has 0 aromatic heterocycles. The summed E-state index contributed by atoms with van der Waals surface area (Å²) in [7, 11) is 0. The van der Waals surface area contributed by atoms with Gasteiger partial charge in [0.15, 0.2) is 0 Å². The van der Waals surface area contributed by atoms with Gasteiger partial charge < -0.3 is 9.84 Å². The van der Waals surface area contributed by atoms with E-state index in [0.717, 1.165) is 27.8 Å². The van der Waals surface area contributed by atoms with Crippen LogP contribution in [0.5, 0.6) is 0 Å². The van der Waals surface area contributed by atoms with Crippen LogP contribution in [-0.2, 0) is 19.9 Å². The highest BCUT2D eigenvalue weighted by Crippen LogP contribution is 2.51. The molecule has 0 saturated heterocycles. The number of rotatable bonds is 9. The second-order valence-corrected chi connectivity index (χ2v) is 11.2. The number of fused-ring (bicyclic) bond motifs is 3. The summed E-state index contributed by atoms with van der Waals surface area (Å²) in [5, 5.41) is 14.6. The standard InChI is InChI=1S/C32H37NO4/c1-21(2)29(35)20-23(34)19-28(30(36)37-31(3,4)5)33-32(22-13-7-6-8-14-22)26-17-11-9-15-24(26)25-16-10-12-18-27(25)32/h6-18,21,23,28,33-34H,19-20H2,1-5H3/t23-,28+/m1/s1. The van der Waals surface area contributed by atoms with E-state index in [1.54, 1.807) is 0 Å². The van der Waals surface area contributed by atoms with Crippen molar-refractivity contribution in [1.29, 1.82) is 0 Å². The van der Waals surface area contributed by atoms with Crippen LogP contribution in [0.25, 0.3) is 11.1 Å². The minimum Gasteiger partial charge on any atom is -0.459 e. The maximum Gasteiger partial charge on any atom is 0.323 e. The first-order chi connectivity index (χ1) is 17.5. The second-order valence-electron chi connectivity index (χ2n) is 11.2. The molecule has 0 spiro atoms. The summed E-state index contributed by atoms with van der Waals surface area (Å²) < 4.78 is 5.82. The summed E-state index contributed by atoms with van der Waals surface area (Å²) in [5.41, 5.74) is 3.67. The number of esters is 1. The zero-order valence-corrected chi connectivity index (χ0v) is 22.3. The molecular weight excluding hydrogens is 462 g/mol. The lowest BCUT2D eigenvalue weighted by Gasteiger charge is -2.38. The summed E-state index contributed by atoms with van der Waals surface area (Å²) in [4.78, 5) is 26.0. The molecule has 0 aliphatic heterocycles. The summed E-state index contributed by atoms with van der Waals surface area (Å²) in [6.07, 6.45) is -0.948.